The standard InChI is InChI=1S/C24H21N5O5S/c1-15-13-28(24(33)29(20(15)30)21(31)16-8-4-2-5-9-16)22-19(26-27-25)12-18(35-22)14-34-23(32)17-10-6-3-7-11-17/h2-11,13,18-19,22H,12,14H2,1H3/t18-,19+,22+/m1/s1. The van der Waals surface area contributed by atoms with Gasteiger partial charge < -0.3 is 4.74 Å². The van der Waals surface area contributed by atoms with E-state index in [1.54, 1.807) is 48.5 Å². The smallest absolute Gasteiger partial charge is 0.339 e. The molecule has 0 amide bonds. The van der Waals surface area contributed by atoms with E-state index in [4.69, 9.17) is 10.3 Å². The number of carbonyl (C=O) groups excluding carboxylic acids is 2. The molecule has 3 atom stereocenters. The van der Waals surface area contributed by atoms with Crippen LogP contribution in [-0.4, -0.2) is 38.9 Å². The number of carbonyl (C=O) groups is 2. The lowest BCUT2D eigenvalue weighted by molar-refractivity contribution is 0.0504. The summed E-state index contributed by atoms with van der Waals surface area (Å²) in [6, 6.07) is 15.9. The van der Waals surface area contributed by atoms with Gasteiger partial charge in [-0.05, 0) is 43.1 Å². The lowest BCUT2D eigenvalue weighted by atomic mass is 10.1. The van der Waals surface area contributed by atoms with Crippen molar-refractivity contribution in [3.63, 3.8) is 0 Å². The lowest BCUT2D eigenvalue weighted by Gasteiger charge is -2.19. The van der Waals surface area contributed by atoms with E-state index in [9.17, 15) is 19.2 Å². The quantitative estimate of drug-likeness (QED) is 0.224. The van der Waals surface area contributed by atoms with Crippen LogP contribution in [0.5, 0.6) is 0 Å². The van der Waals surface area contributed by atoms with Crippen LogP contribution in [0.15, 0.2) is 81.6 Å². The highest BCUT2D eigenvalue weighted by atomic mass is 32.2. The molecule has 0 spiro atoms. The highest BCUT2D eigenvalue weighted by molar-refractivity contribution is 8.00. The fraction of sp³-hybridized carbons (Fsp3) is 0.250. The molecule has 0 aliphatic carbocycles. The molecule has 1 saturated heterocycles. The summed E-state index contributed by atoms with van der Waals surface area (Å²) in [5, 5.41) is 2.88. The van der Waals surface area contributed by atoms with Crippen LogP contribution in [0.3, 0.4) is 0 Å². The molecule has 0 radical (unpaired) electrons. The zero-order valence-electron chi connectivity index (χ0n) is 18.7. The van der Waals surface area contributed by atoms with Crippen molar-refractivity contribution in [1.29, 1.82) is 0 Å². The molecule has 11 heteroatoms. The number of benzene rings is 2. The predicted octanol–water partition coefficient (Wildman–Crippen LogP) is 3.55. The van der Waals surface area contributed by atoms with Crippen LogP contribution >= 0.6 is 11.8 Å². The van der Waals surface area contributed by atoms with Crippen molar-refractivity contribution < 1.29 is 14.3 Å². The molecule has 4 rings (SSSR count). The minimum absolute atomic E-state index is 0.0443. The van der Waals surface area contributed by atoms with Crippen LogP contribution in [0.25, 0.3) is 10.4 Å². The first-order valence-corrected chi connectivity index (χ1v) is 11.7. The van der Waals surface area contributed by atoms with E-state index in [0.717, 1.165) is 0 Å². The summed E-state index contributed by atoms with van der Waals surface area (Å²) in [7, 11) is 0. The first-order valence-electron chi connectivity index (χ1n) is 10.8. The number of aromatic nitrogens is 2. The molecule has 2 aromatic carbocycles. The molecular weight excluding hydrogens is 470 g/mol. The van der Waals surface area contributed by atoms with Crippen LogP contribution in [0.1, 0.15) is 38.1 Å². The van der Waals surface area contributed by atoms with Crippen molar-refractivity contribution >= 4 is 23.6 Å². The average molecular weight is 492 g/mol. The fourth-order valence-electron chi connectivity index (χ4n) is 3.85. The van der Waals surface area contributed by atoms with Gasteiger partial charge in [0.1, 0.15) is 6.61 Å². The van der Waals surface area contributed by atoms with E-state index < -0.39 is 34.5 Å². The minimum Gasteiger partial charge on any atom is -0.461 e. The van der Waals surface area contributed by atoms with Crippen LogP contribution in [0, 0.1) is 6.92 Å². The Hall–Kier alpha value is -4.08. The average Bonchev–Trinajstić information content (AvgIpc) is 3.28. The van der Waals surface area contributed by atoms with Gasteiger partial charge in [0, 0.05) is 27.5 Å². The van der Waals surface area contributed by atoms with Gasteiger partial charge in [-0.25, -0.2) is 9.59 Å². The summed E-state index contributed by atoms with van der Waals surface area (Å²) >= 11 is 1.29. The molecule has 1 fully saturated rings. The molecule has 0 saturated carbocycles. The zero-order valence-corrected chi connectivity index (χ0v) is 19.5. The third kappa shape index (κ3) is 5.06. The maximum atomic E-state index is 13.3. The number of azide groups is 1. The maximum Gasteiger partial charge on any atom is 0.339 e. The van der Waals surface area contributed by atoms with Gasteiger partial charge in [0.25, 0.3) is 11.5 Å². The number of hydrogen-bond acceptors (Lipinski definition) is 7. The van der Waals surface area contributed by atoms with Gasteiger partial charge in [0.15, 0.2) is 0 Å². The van der Waals surface area contributed by atoms with E-state index in [1.807, 2.05) is 0 Å². The SMILES string of the molecule is Cc1cn([C@H]2S[C@@H](COC(=O)c3ccccc3)C[C@@H]2N=[N+]=[N-])c(=O)n(C(=O)c2ccccc2)c1=O. The largest absolute Gasteiger partial charge is 0.461 e. The van der Waals surface area contributed by atoms with E-state index in [0.29, 0.717) is 16.6 Å². The van der Waals surface area contributed by atoms with Crippen molar-refractivity contribution in [3.8, 4) is 0 Å². The predicted molar refractivity (Wildman–Crippen MR) is 131 cm³/mol. The summed E-state index contributed by atoms with van der Waals surface area (Å²) in [6.45, 7) is 1.55. The molecule has 1 aliphatic heterocycles. The van der Waals surface area contributed by atoms with Crippen molar-refractivity contribution in [2.75, 3.05) is 6.61 Å². The Morgan fingerprint density at radius 3 is 2.34 bits per heavy atom. The van der Waals surface area contributed by atoms with Crippen molar-refractivity contribution in [2.24, 2.45) is 5.11 Å². The Morgan fingerprint density at radius 1 is 1.09 bits per heavy atom. The molecule has 2 heterocycles. The summed E-state index contributed by atoms with van der Waals surface area (Å²) in [5.41, 5.74) is 8.33. The Labute approximate surface area is 203 Å². The van der Waals surface area contributed by atoms with Gasteiger partial charge in [-0.1, -0.05) is 41.5 Å². The van der Waals surface area contributed by atoms with Crippen LogP contribution in [-0.2, 0) is 4.74 Å². The van der Waals surface area contributed by atoms with E-state index in [1.165, 1.54) is 41.6 Å². The monoisotopic (exact) mass is 491 g/mol. The van der Waals surface area contributed by atoms with E-state index in [2.05, 4.69) is 10.0 Å². The first kappa shape index (κ1) is 24.1. The van der Waals surface area contributed by atoms with E-state index >= 15 is 0 Å². The number of aryl methyl sites for hydroxylation is 1. The summed E-state index contributed by atoms with van der Waals surface area (Å²) in [4.78, 5) is 54.3. The van der Waals surface area contributed by atoms with Gasteiger partial charge in [0.2, 0.25) is 0 Å². The Kier molecular flexibility index (Phi) is 7.19. The summed E-state index contributed by atoms with van der Waals surface area (Å²) in [6.07, 6.45) is 1.72. The van der Waals surface area contributed by atoms with Crippen molar-refractivity contribution in [1.82, 2.24) is 9.13 Å². The van der Waals surface area contributed by atoms with Gasteiger partial charge in [0.05, 0.1) is 17.0 Å². The summed E-state index contributed by atoms with van der Waals surface area (Å²) in [5.74, 6) is -1.22. The normalized spacial score (nSPS) is 19.1. The molecule has 178 valence electrons. The Balaban J connectivity index is 1.62. The van der Waals surface area contributed by atoms with E-state index in [-0.39, 0.29) is 23.0 Å². The van der Waals surface area contributed by atoms with Crippen molar-refractivity contribution in [2.45, 2.75) is 30.0 Å². The van der Waals surface area contributed by atoms with Crippen LogP contribution in [0.4, 0.5) is 0 Å². The Bertz CT molecular complexity index is 1410. The molecule has 3 aromatic rings. The van der Waals surface area contributed by atoms with Crippen LogP contribution < -0.4 is 11.2 Å². The van der Waals surface area contributed by atoms with Gasteiger partial charge in [-0.2, -0.15) is 4.57 Å². The molecule has 1 aliphatic rings. The van der Waals surface area contributed by atoms with Crippen molar-refractivity contribution in [3.05, 3.63) is 115 Å². The molecule has 1 aromatic heterocycles. The maximum absolute atomic E-state index is 13.3. The molecule has 0 unspecified atom stereocenters. The number of esters is 1. The first-order chi connectivity index (χ1) is 16.9. The lowest BCUT2D eigenvalue weighted by Crippen LogP contribution is -2.46. The highest BCUT2D eigenvalue weighted by Gasteiger charge is 2.38. The van der Waals surface area contributed by atoms with Gasteiger partial charge in [-0.3, -0.25) is 14.2 Å². The second-order valence-corrected chi connectivity index (χ2v) is 9.36. The second kappa shape index (κ2) is 10.5. The fourth-order valence-corrected chi connectivity index (χ4v) is 5.33. The van der Waals surface area contributed by atoms with Gasteiger partial charge in [-0.15, -0.1) is 11.8 Å². The van der Waals surface area contributed by atoms with Crippen LogP contribution in [0.2, 0.25) is 0 Å². The molecular formula is C24H21N5O5S. The minimum atomic E-state index is -0.827. The molecule has 0 bridgehead atoms. The summed E-state index contributed by atoms with van der Waals surface area (Å²) < 4.78 is 7.27. The van der Waals surface area contributed by atoms with Gasteiger partial charge >= 0.3 is 11.7 Å². The Morgan fingerprint density at radius 2 is 1.71 bits per heavy atom. The third-order valence-electron chi connectivity index (χ3n) is 5.56. The number of thioether (sulfide) groups is 1. The molecule has 35 heavy (non-hydrogen) atoms. The number of nitrogens with zero attached hydrogens (tertiary/aromatic N) is 5. The number of ether oxygens (including phenoxy) is 1. The molecule has 10 nitrogen and oxygen atoms in total. The topological polar surface area (TPSA) is 136 Å². The zero-order chi connectivity index (χ0) is 24.9. The second-order valence-electron chi connectivity index (χ2n) is 7.93. The third-order valence-corrected chi connectivity index (χ3v) is 7.09. The highest BCUT2D eigenvalue weighted by Crippen LogP contribution is 2.43. The molecule has 0 N–H and O–H groups in total. The number of hydrogen-bond donors (Lipinski definition) is 0. The number of rotatable bonds is 6.